The lowest BCUT2D eigenvalue weighted by atomic mass is 10.1. The average Bonchev–Trinajstić information content (AvgIpc) is 3.63. The van der Waals surface area contributed by atoms with Crippen molar-refractivity contribution in [3.63, 3.8) is 0 Å². The molecule has 0 spiro atoms. The molecule has 4 rings (SSSR count). The third-order valence-corrected chi connectivity index (χ3v) is 7.20. The number of aromatic nitrogens is 1. The van der Waals surface area contributed by atoms with Crippen LogP contribution in [-0.4, -0.2) is 83.2 Å². The fourth-order valence-corrected chi connectivity index (χ4v) is 4.83. The van der Waals surface area contributed by atoms with Gasteiger partial charge in [-0.2, -0.15) is 4.37 Å². The number of rotatable bonds is 11. The van der Waals surface area contributed by atoms with Gasteiger partial charge in [0.05, 0.1) is 5.56 Å². The van der Waals surface area contributed by atoms with E-state index in [-0.39, 0.29) is 40.6 Å². The Bertz CT molecular complexity index is 1230. The fraction of sp³-hybridized carbons (Fsp3) is 0.480. The van der Waals surface area contributed by atoms with Gasteiger partial charge in [-0.3, -0.25) is 24.6 Å². The van der Waals surface area contributed by atoms with Crippen LogP contribution in [0.5, 0.6) is 5.88 Å². The number of hydrogen-bond donors (Lipinski definition) is 4. The van der Waals surface area contributed by atoms with Gasteiger partial charge in [-0.25, -0.2) is 9.18 Å². The molecule has 1 aliphatic heterocycles. The smallest absolute Gasteiger partial charge is 0.319 e. The zero-order valence-corrected chi connectivity index (χ0v) is 22.4. The van der Waals surface area contributed by atoms with E-state index in [9.17, 15) is 23.6 Å². The highest BCUT2D eigenvalue weighted by Crippen LogP contribution is 2.31. The largest absolute Gasteiger partial charge is 0.472 e. The standard InChI is InChI=1S/C25H32FN7O5S/c1-15(34)33-11-9-32(10-12-33)8-2-7-28-25(37)30-24-20(21(27)35)23(31-39-24)38-14-16-3-6-19(26)18(13-16)22(36)29-17-4-5-17/h3,6,13,17H,2,4-5,7-12,14H2,1H3,(H2,27,35)(H,29,36)(H2,28,30,37). The van der Waals surface area contributed by atoms with Crippen LogP contribution in [0.1, 0.15) is 52.5 Å². The van der Waals surface area contributed by atoms with Crippen molar-refractivity contribution in [3.8, 4) is 5.88 Å². The molecule has 0 radical (unpaired) electrons. The molecule has 0 unspecified atom stereocenters. The number of hydrogen-bond acceptors (Lipinski definition) is 8. The Labute approximate surface area is 229 Å². The van der Waals surface area contributed by atoms with E-state index in [1.807, 2.05) is 4.90 Å². The molecule has 14 heteroatoms. The first-order chi connectivity index (χ1) is 18.7. The Kier molecular flexibility index (Phi) is 9.30. The third kappa shape index (κ3) is 7.86. The van der Waals surface area contributed by atoms with E-state index < -0.39 is 23.7 Å². The van der Waals surface area contributed by atoms with Crippen LogP contribution in [0.4, 0.5) is 14.2 Å². The van der Waals surface area contributed by atoms with Crippen LogP contribution in [0.25, 0.3) is 0 Å². The molecular weight excluding hydrogens is 529 g/mol. The Hall–Kier alpha value is -3.78. The van der Waals surface area contributed by atoms with Gasteiger partial charge in [0.1, 0.15) is 23.0 Å². The molecule has 39 heavy (non-hydrogen) atoms. The summed E-state index contributed by atoms with van der Waals surface area (Å²) in [6.45, 7) is 5.66. The molecule has 0 bridgehead atoms. The third-order valence-electron chi connectivity index (χ3n) is 6.45. The minimum absolute atomic E-state index is 0.0687. The quantitative estimate of drug-likeness (QED) is 0.303. The van der Waals surface area contributed by atoms with E-state index in [2.05, 4.69) is 25.2 Å². The van der Waals surface area contributed by atoms with Crippen LogP contribution >= 0.6 is 11.5 Å². The molecule has 1 aromatic heterocycles. The number of anilines is 1. The normalized spacial score (nSPS) is 15.5. The van der Waals surface area contributed by atoms with E-state index in [0.717, 1.165) is 44.0 Å². The number of nitrogens with two attached hydrogens (primary N) is 1. The zero-order valence-electron chi connectivity index (χ0n) is 21.6. The number of nitrogens with one attached hydrogen (secondary N) is 3. The lowest BCUT2D eigenvalue weighted by molar-refractivity contribution is -0.130. The van der Waals surface area contributed by atoms with Crippen LogP contribution in [-0.2, 0) is 11.4 Å². The van der Waals surface area contributed by atoms with Crippen LogP contribution in [0.3, 0.4) is 0 Å². The lowest BCUT2D eigenvalue weighted by Gasteiger charge is -2.34. The van der Waals surface area contributed by atoms with E-state index in [1.165, 1.54) is 18.2 Å². The number of amides is 5. The number of piperazine rings is 1. The van der Waals surface area contributed by atoms with Crippen LogP contribution in [0, 0.1) is 5.82 Å². The van der Waals surface area contributed by atoms with Gasteiger partial charge in [0.15, 0.2) is 0 Å². The van der Waals surface area contributed by atoms with Crippen molar-refractivity contribution in [2.45, 2.75) is 38.8 Å². The topological polar surface area (TPSA) is 159 Å². The first-order valence-electron chi connectivity index (χ1n) is 12.8. The molecule has 5 amide bonds. The van der Waals surface area contributed by atoms with Crippen molar-refractivity contribution in [2.24, 2.45) is 5.73 Å². The Morgan fingerprint density at radius 3 is 2.59 bits per heavy atom. The van der Waals surface area contributed by atoms with Gasteiger partial charge in [0.25, 0.3) is 11.8 Å². The Morgan fingerprint density at radius 1 is 1.18 bits per heavy atom. The van der Waals surface area contributed by atoms with Crippen molar-refractivity contribution in [3.05, 3.63) is 40.7 Å². The van der Waals surface area contributed by atoms with Crippen molar-refractivity contribution in [1.82, 2.24) is 24.8 Å². The second-order valence-electron chi connectivity index (χ2n) is 9.49. The fourth-order valence-electron chi connectivity index (χ4n) is 4.09. The van der Waals surface area contributed by atoms with Gasteiger partial charge in [-0.05, 0) is 55.0 Å². The number of urea groups is 1. The summed E-state index contributed by atoms with van der Waals surface area (Å²) in [5.41, 5.74) is 5.85. The van der Waals surface area contributed by atoms with E-state index in [4.69, 9.17) is 10.5 Å². The van der Waals surface area contributed by atoms with Crippen LogP contribution in [0.15, 0.2) is 18.2 Å². The predicted molar refractivity (Wildman–Crippen MR) is 142 cm³/mol. The molecule has 0 atom stereocenters. The van der Waals surface area contributed by atoms with Crippen molar-refractivity contribution >= 4 is 40.3 Å². The first-order valence-corrected chi connectivity index (χ1v) is 13.5. The average molecular weight is 562 g/mol. The van der Waals surface area contributed by atoms with Gasteiger partial charge in [0.2, 0.25) is 11.8 Å². The maximum Gasteiger partial charge on any atom is 0.319 e. The number of primary amides is 1. The van der Waals surface area contributed by atoms with Crippen molar-refractivity contribution < 1.29 is 28.3 Å². The number of ether oxygens (including phenoxy) is 1. The predicted octanol–water partition coefficient (Wildman–Crippen LogP) is 1.53. The van der Waals surface area contributed by atoms with E-state index in [1.54, 1.807) is 6.92 Å². The summed E-state index contributed by atoms with van der Waals surface area (Å²) in [4.78, 5) is 52.2. The summed E-state index contributed by atoms with van der Waals surface area (Å²) in [7, 11) is 0. The highest BCUT2D eigenvalue weighted by Gasteiger charge is 2.26. The SMILES string of the molecule is CC(=O)N1CCN(CCCNC(=O)Nc2snc(OCc3ccc(F)c(C(=O)NC4CC4)c3)c2C(N)=O)CC1. The van der Waals surface area contributed by atoms with Crippen LogP contribution in [0.2, 0.25) is 0 Å². The molecule has 1 aliphatic carbocycles. The molecule has 12 nitrogen and oxygen atoms in total. The van der Waals surface area contributed by atoms with Gasteiger partial charge < -0.3 is 26.0 Å². The first kappa shape index (κ1) is 28.2. The maximum atomic E-state index is 14.2. The van der Waals surface area contributed by atoms with Gasteiger partial charge in [0, 0.05) is 45.7 Å². The molecule has 2 heterocycles. The molecule has 2 aromatic rings. The van der Waals surface area contributed by atoms with Gasteiger partial charge in [-0.15, -0.1) is 0 Å². The zero-order chi connectivity index (χ0) is 27.9. The van der Waals surface area contributed by atoms with Crippen LogP contribution < -0.4 is 26.4 Å². The monoisotopic (exact) mass is 561 g/mol. The Morgan fingerprint density at radius 2 is 1.92 bits per heavy atom. The number of benzene rings is 1. The lowest BCUT2D eigenvalue weighted by Crippen LogP contribution is -2.48. The van der Waals surface area contributed by atoms with Crippen molar-refractivity contribution in [1.29, 1.82) is 0 Å². The molecule has 210 valence electrons. The number of carbonyl (C=O) groups excluding carboxylic acids is 4. The molecule has 1 saturated heterocycles. The summed E-state index contributed by atoms with van der Waals surface area (Å²) in [6.07, 6.45) is 2.47. The van der Waals surface area contributed by atoms with E-state index in [0.29, 0.717) is 31.6 Å². The maximum absolute atomic E-state index is 14.2. The highest BCUT2D eigenvalue weighted by molar-refractivity contribution is 7.11. The summed E-state index contributed by atoms with van der Waals surface area (Å²) < 4.78 is 23.9. The highest BCUT2D eigenvalue weighted by atomic mass is 32.1. The molecule has 1 saturated carbocycles. The van der Waals surface area contributed by atoms with E-state index >= 15 is 0 Å². The summed E-state index contributed by atoms with van der Waals surface area (Å²) in [5.74, 6) is -1.95. The number of halogens is 1. The van der Waals surface area contributed by atoms with Crippen molar-refractivity contribution in [2.75, 3.05) is 44.6 Å². The minimum Gasteiger partial charge on any atom is -0.472 e. The number of nitrogens with zero attached hydrogens (tertiary/aromatic N) is 3. The minimum atomic E-state index is -0.831. The molecule has 2 fully saturated rings. The Balaban J connectivity index is 1.26. The van der Waals surface area contributed by atoms with Gasteiger partial charge >= 0.3 is 6.03 Å². The second kappa shape index (κ2) is 12.8. The van der Waals surface area contributed by atoms with Gasteiger partial charge in [-0.1, -0.05) is 6.07 Å². The summed E-state index contributed by atoms with van der Waals surface area (Å²) >= 11 is 0.844. The molecule has 2 aliphatic rings. The molecule has 5 N–H and O–H groups in total. The molecular formula is C25H32FN7O5S. The second-order valence-corrected chi connectivity index (χ2v) is 10.3. The molecule has 1 aromatic carbocycles. The summed E-state index contributed by atoms with van der Waals surface area (Å²) in [6, 6.07) is 3.61. The number of carbonyl (C=O) groups is 4. The summed E-state index contributed by atoms with van der Waals surface area (Å²) in [5, 5.41) is 8.21.